The zero-order valence-corrected chi connectivity index (χ0v) is 11.4. The van der Waals surface area contributed by atoms with E-state index in [-0.39, 0.29) is 10.8 Å². The lowest BCUT2D eigenvalue weighted by Gasteiger charge is -2.23. The van der Waals surface area contributed by atoms with Crippen LogP contribution in [0, 0.1) is 11.6 Å². The summed E-state index contributed by atoms with van der Waals surface area (Å²) in [6, 6.07) is 8.94. The maximum Gasteiger partial charge on any atom is 0.131 e. The predicted octanol–water partition coefficient (Wildman–Crippen LogP) is 3.69. The quantitative estimate of drug-likeness (QED) is 0.621. The first-order chi connectivity index (χ1) is 10.6. The highest BCUT2D eigenvalue weighted by molar-refractivity contribution is 6.12. The third-order valence-corrected chi connectivity index (χ3v) is 4.23. The molecule has 0 unspecified atom stereocenters. The smallest absolute Gasteiger partial charge is 0.131 e. The minimum atomic E-state index is -1.07. The van der Waals surface area contributed by atoms with E-state index in [1.54, 1.807) is 30.3 Å². The van der Waals surface area contributed by atoms with Gasteiger partial charge in [-0.3, -0.25) is 0 Å². The van der Waals surface area contributed by atoms with E-state index in [2.05, 4.69) is 0 Å². The molecule has 0 bridgehead atoms. The Hall–Kier alpha value is -2.30. The molecule has 3 aromatic rings. The van der Waals surface area contributed by atoms with Gasteiger partial charge in [-0.05, 0) is 28.6 Å². The molecule has 4 heteroatoms. The first-order valence-electron chi connectivity index (χ1n) is 6.95. The summed E-state index contributed by atoms with van der Waals surface area (Å²) in [4.78, 5) is 0. The Labute approximate surface area is 124 Å². The van der Waals surface area contributed by atoms with Gasteiger partial charge < -0.3 is 10.2 Å². The van der Waals surface area contributed by atoms with Crippen molar-refractivity contribution in [2.75, 3.05) is 0 Å². The average Bonchev–Trinajstić information content (AvgIpc) is 2.53. The van der Waals surface area contributed by atoms with Gasteiger partial charge in [0, 0.05) is 16.2 Å². The van der Waals surface area contributed by atoms with Gasteiger partial charge in [-0.1, -0.05) is 36.4 Å². The molecule has 2 N–H and O–H groups in total. The molecule has 0 saturated carbocycles. The molecule has 2 atom stereocenters. The Morgan fingerprint density at radius 1 is 0.818 bits per heavy atom. The molecule has 0 heterocycles. The van der Waals surface area contributed by atoms with Gasteiger partial charge in [0.2, 0.25) is 0 Å². The number of fused-ring (bicyclic) bond motifs is 5. The first-order valence-corrected chi connectivity index (χ1v) is 6.95. The van der Waals surface area contributed by atoms with Gasteiger partial charge in [-0.25, -0.2) is 8.78 Å². The molecular weight excluding hydrogens is 286 g/mol. The number of aliphatic hydroxyl groups excluding tert-OH is 2. The van der Waals surface area contributed by atoms with E-state index in [9.17, 15) is 19.0 Å². The number of benzene rings is 3. The second-order valence-electron chi connectivity index (χ2n) is 5.48. The molecule has 0 amide bonds. The van der Waals surface area contributed by atoms with Gasteiger partial charge in [0.25, 0.3) is 0 Å². The van der Waals surface area contributed by atoms with E-state index in [4.69, 9.17) is 0 Å². The molecule has 0 aliphatic heterocycles. The normalized spacial score (nSPS) is 20.5. The van der Waals surface area contributed by atoms with Gasteiger partial charge in [0.1, 0.15) is 23.8 Å². The Kier molecular flexibility index (Phi) is 2.79. The standard InChI is InChI=1S/C18H12F2O2/c19-13-6-7-14(20)17-12(13)4-2-9-1-3-11-10(16(9)17)5-8-15(21)18(11)22/h1-8,15,18,21-22H/t15-,18-/m1/s1. The molecule has 1 aliphatic carbocycles. The molecule has 4 rings (SSSR count). The Morgan fingerprint density at radius 3 is 2.36 bits per heavy atom. The van der Waals surface area contributed by atoms with Crippen molar-refractivity contribution in [3.63, 3.8) is 0 Å². The van der Waals surface area contributed by atoms with E-state index in [1.165, 1.54) is 6.08 Å². The van der Waals surface area contributed by atoms with Gasteiger partial charge in [0.05, 0.1) is 0 Å². The summed E-state index contributed by atoms with van der Waals surface area (Å²) in [7, 11) is 0. The van der Waals surface area contributed by atoms with Crippen LogP contribution in [0.4, 0.5) is 8.78 Å². The van der Waals surface area contributed by atoms with Crippen molar-refractivity contribution < 1.29 is 19.0 Å². The van der Waals surface area contributed by atoms with Crippen LogP contribution in [-0.4, -0.2) is 16.3 Å². The van der Waals surface area contributed by atoms with Crippen LogP contribution < -0.4 is 0 Å². The molecule has 0 fully saturated rings. The Morgan fingerprint density at radius 2 is 1.55 bits per heavy atom. The van der Waals surface area contributed by atoms with E-state index in [0.717, 1.165) is 17.5 Å². The highest BCUT2D eigenvalue weighted by atomic mass is 19.1. The number of hydrogen-bond acceptors (Lipinski definition) is 2. The molecule has 110 valence electrons. The van der Waals surface area contributed by atoms with E-state index in [0.29, 0.717) is 16.5 Å². The molecule has 22 heavy (non-hydrogen) atoms. The third kappa shape index (κ3) is 1.71. The third-order valence-electron chi connectivity index (χ3n) is 4.23. The fourth-order valence-corrected chi connectivity index (χ4v) is 3.15. The van der Waals surface area contributed by atoms with E-state index >= 15 is 0 Å². The molecular formula is C18H12F2O2. The van der Waals surface area contributed by atoms with Crippen LogP contribution in [0.3, 0.4) is 0 Å². The fraction of sp³-hybridized carbons (Fsp3) is 0.111. The van der Waals surface area contributed by atoms with Crippen LogP contribution in [0.15, 0.2) is 42.5 Å². The Bertz CT molecular complexity index is 947. The molecule has 0 radical (unpaired) electrons. The zero-order chi connectivity index (χ0) is 15.4. The molecule has 0 saturated heterocycles. The summed E-state index contributed by atoms with van der Waals surface area (Å²) in [6.07, 6.45) is 1.04. The second kappa shape index (κ2) is 4.60. The first kappa shape index (κ1) is 13.4. The predicted molar refractivity (Wildman–Crippen MR) is 81.4 cm³/mol. The number of hydrogen-bond donors (Lipinski definition) is 2. The van der Waals surface area contributed by atoms with Crippen molar-refractivity contribution in [1.82, 2.24) is 0 Å². The Balaban J connectivity index is 2.24. The van der Waals surface area contributed by atoms with Crippen LogP contribution in [0.2, 0.25) is 0 Å². The lowest BCUT2D eigenvalue weighted by Crippen LogP contribution is -2.19. The van der Waals surface area contributed by atoms with E-state index in [1.807, 2.05) is 0 Å². The van der Waals surface area contributed by atoms with Crippen molar-refractivity contribution in [3.05, 3.63) is 65.2 Å². The van der Waals surface area contributed by atoms with Gasteiger partial charge in [0.15, 0.2) is 0 Å². The summed E-state index contributed by atoms with van der Waals surface area (Å²) >= 11 is 0. The highest BCUT2D eigenvalue weighted by Gasteiger charge is 2.24. The maximum absolute atomic E-state index is 14.3. The number of rotatable bonds is 0. The SMILES string of the molecule is O[C@@H]1C=Cc2c(ccc3ccc4c(F)ccc(F)c4c23)[C@H]1O. The van der Waals surface area contributed by atoms with Crippen molar-refractivity contribution in [2.24, 2.45) is 0 Å². The average molecular weight is 298 g/mol. The van der Waals surface area contributed by atoms with Gasteiger partial charge in [-0.15, -0.1) is 0 Å². The number of aliphatic hydroxyl groups is 2. The fourth-order valence-electron chi connectivity index (χ4n) is 3.15. The van der Waals surface area contributed by atoms with E-state index < -0.39 is 23.8 Å². The van der Waals surface area contributed by atoms with Gasteiger partial charge in [-0.2, -0.15) is 0 Å². The van der Waals surface area contributed by atoms with Crippen molar-refractivity contribution >= 4 is 27.6 Å². The summed E-state index contributed by atoms with van der Waals surface area (Å²) in [5.41, 5.74) is 1.13. The largest absolute Gasteiger partial charge is 0.386 e. The summed E-state index contributed by atoms with van der Waals surface area (Å²) in [6.45, 7) is 0. The highest BCUT2D eigenvalue weighted by Crippen LogP contribution is 2.38. The molecule has 0 aromatic heterocycles. The minimum absolute atomic E-state index is 0.197. The van der Waals surface area contributed by atoms with Crippen molar-refractivity contribution in [2.45, 2.75) is 12.2 Å². The monoisotopic (exact) mass is 298 g/mol. The van der Waals surface area contributed by atoms with Crippen molar-refractivity contribution in [1.29, 1.82) is 0 Å². The topological polar surface area (TPSA) is 40.5 Å². The summed E-state index contributed by atoms with van der Waals surface area (Å²) < 4.78 is 28.3. The van der Waals surface area contributed by atoms with Crippen LogP contribution >= 0.6 is 0 Å². The summed E-state index contributed by atoms with van der Waals surface area (Å²) in [5, 5.41) is 21.6. The molecule has 2 nitrogen and oxygen atoms in total. The van der Waals surface area contributed by atoms with Crippen LogP contribution in [0.25, 0.3) is 27.6 Å². The van der Waals surface area contributed by atoms with Crippen LogP contribution in [0.1, 0.15) is 17.2 Å². The van der Waals surface area contributed by atoms with Crippen LogP contribution in [-0.2, 0) is 0 Å². The van der Waals surface area contributed by atoms with Gasteiger partial charge >= 0.3 is 0 Å². The second-order valence-corrected chi connectivity index (χ2v) is 5.48. The number of halogens is 2. The lowest BCUT2D eigenvalue weighted by molar-refractivity contribution is 0.0471. The van der Waals surface area contributed by atoms with Crippen LogP contribution in [0.5, 0.6) is 0 Å². The molecule has 1 aliphatic rings. The molecule has 3 aromatic carbocycles. The maximum atomic E-state index is 14.3. The lowest BCUT2D eigenvalue weighted by atomic mass is 9.87. The zero-order valence-electron chi connectivity index (χ0n) is 11.4. The molecule has 0 spiro atoms. The van der Waals surface area contributed by atoms with Crippen molar-refractivity contribution in [3.8, 4) is 0 Å². The minimum Gasteiger partial charge on any atom is -0.386 e. The summed E-state index contributed by atoms with van der Waals surface area (Å²) in [5.74, 6) is -0.999.